The first-order valence-electron chi connectivity index (χ1n) is 7.42. The Labute approximate surface area is 115 Å². The van der Waals surface area contributed by atoms with Gasteiger partial charge in [0.15, 0.2) is 0 Å². The van der Waals surface area contributed by atoms with Crippen molar-refractivity contribution in [2.24, 2.45) is 5.92 Å². The van der Waals surface area contributed by atoms with Gasteiger partial charge in [-0.15, -0.1) is 11.3 Å². The van der Waals surface area contributed by atoms with E-state index in [1.807, 2.05) is 0 Å². The molecule has 0 aliphatic heterocycles. The van der Waals surface area contributed by atoms with Crippen molar-refractivity contribution in [3.05, 3.63) is 16.1 Å². The molecule has 1 aromatic heterocycles. The largest absolute Gasteiger partial charge is 0.308 e. The van der Waals surface area contributed by atoms with Crippen molar-refractivity contribution in [2.75, 3.05) is 0 Å². The van der Waals surface area contributed by atoms with Gasteiger partial charge in [0.25, 0.3) is 0 Å². The zero-order valence-corrected chi connectivity index (χ0v) is 12.6. The quantitative estimate of drug-likeness (QED) is 0.804. The molecular formula is C15H26N2S. The molecule has 1 heterocycles. The molecule has 1 fully saturated rings. The SMILES string of the molecule is CCCC1CCCC(NCc2nc(C)cs2)CC1. The second kappa shape index (κ2) is 7.25. The Kier molecular flexibility index (Phi) is 5.64. The molecule has 1 aliphatic rings. The average molecular weight is 266 g/mol. The molecule has 2 unspecified atom stereocenters. The molecule has 18 heavy (non-hydrogen) atoms. The van der Waals surface area contributed by atoms with E-state index in [1.54, 1.807) is 11.3 Å². The van der Waals surface area contributed by atoms with Gasteiger partial charge in [-0.3, -0.25) is 0 Å². The van der Waals surface area contributed by atoms with Crippen LogP contribution < -0.4 is 5.32 Å². The van der Waals surface area contributed by atoms with Gasteiger partial charge in [0.05, 0.1) is 0 Å². The Morgan fingerprint density at radius 3 is 2.94 bits per heavy atom. The lowest BCUT2D eigenvalue weighted by Gasteiger charge is -2.16. The van der Waals surface area contributed by atoms with Crippen molar-refractivity contribution in [3.8, 4) is 0 Å². The van der Waals surface area contributed by atoms with E-state index in [2.05, 4.69) is 29.5 Å². The van der Waals surface area contributed by atoms with Gasteiger partial charge in [-0.05, 0) is 32.1 Å². The maximum absolute atomic E-state index is 4.52. The van der Waals surface area contributed by atoms with Crippen molar-refractivity contribution in [1.82, 2.24) is 10.3 Å². The molecule has 1 aliphatic carbocycles. The predicted molar refractivity (Wildman–Crippen MR) is 79.0 cm³/mol. The normalized spacial score (nSPS) is 25.0. The fraction of sp³-hybridized carbons (Fsp3) is 0.800. The molecule has 0 aromatic carbocycles. The summed E-state index contributed by atoms with van der Waals surface area (Å²) in [6.45, 7) is 5.34. The number of hydrogen-bond donors (Lipinski definition) is 1. The van der Waals surface area contributed by atoms with Crippen molar-refractivity contribution in [3.63, 3.8) is 0 Å². The van der Waals surface area contributed by atoms with E-state index in [9.17, 15) is 0 Å². The third kappa shape index (κ3) is 4.36. The van der Waals surface area contributed by atoms with Crippen LogP contribution in [0.5, 0.6) is 0 Å². The van der Waals surface area contributed by atoms with Crippen LogP contribution in [0.15, 0.2) is 5.38 Å². The molecule has 1 N–H and O–H groups in total. The summed E-state index contributed by atoms with van der Waals surface area (Å²) in [6.07, 6.45) is 9.75. The molecule has 0 amide bonds. The molecule has 0 spiro atoms. The van der Waals surface area contributed by atoms with E-state index < -0.39 is 0 Å². The Morgan fingerprint density at radius 2 is 2.22 bits per heavy atom. The number of nitrogens with one attached hydrogen (secondary N) is 1. The van der Waals surface area contributed by atoms with Crippen LogP contribution in [0.3, 0.4) is 0 Å². The minimum absolute atomic E-state index is 0.719. The summed E-state index contributed by atoms with van der Waals surface area (Å²) < 4.78 is 0. The topological polar surface area (TPSA) is 24.9 Å². The summed E-state index contributed by atoms with van der Waals surface area (Å²) in [7, 11) is 0. The van der Waals surface area contributed by atoms with Gasteiger partial charge in [-0.2, -0.15) is 0 Å². The molecule has 0 saturated heterocycles. The molecule has 0 bridgehead atoms. The maximum Gasteiger partial charge on any atom is 0.107 e. The van der Waals surface area contributed by atoms with Crippen molar-refractivity contribution in [2.45, 2.75) is 71.4 Å². The second-order valence-electron chi connectivity index (χ2n) is 5.62. The molecule has 1 saturated carbocycles. The van der Waals surface area contributed by atoms with Gasteiger partial charge >= 0.3 is 0 Å². The smallest absolute Gasteiger partial charge is 0.107 e. The van der Waals surface area contributed by atoms with Gasteiger partial charge in [0.1, 0.15) is 5.01 Å². The number of rotatable bonds is 5. The molecule has 2 atom stereocenters. The van der Waals surface area contributed by atoms with Gasteiger partial charge in [-0.25, -0.2) is 4.98 Å². The highest BCUT2D eigenvalue weighted by Gasteiger charge is 2.18. The van der Waals surface area contributed by atoms with Crippen LogP contribution in [-0.2, 0) is 6.54 Å². The van der Waals surface area contributed by atoms with Gasteiger partial charge in [0.2, 0.25) is 0 Å². The lowest BCUT2D eigenvalue weighted by atomic mass is 9.95. The highest BCUT2D eigenvalue weighted by molar-refractivity contribution is 7.09. The first-order valence-corrected chi connectivity index (χ1v) is 8.30. The summed E-state index contributed by atoms with van der Waals surface area (Å²) in [5.74, 6) is 0.990. The first kappa shape index (κ1) is 14.0. The molecule has 2 nitrogen and oxygen atoms in total. The summed E-state index contributed by atoms with van der Waals surface area (Å²) in [6, 6.07) is 0.719. The Hall–Kier alpha value is -0.410. The first-order chi connectivity index (χ1) is 8.78. The van der Waals surface area contributed by atoms with Crippen LogP contribution in [0.2, 0.25) is 0 Å². The van der Waals surface area contributed by atoms with Crippen molar-refractivity contribution in [1.29, 1.82) is 0 Å². The van der Waals surface area contributed by atoms with E-state index in [0.717, 1.165) is 24.2 Å². The summed E-state index contributed by atoms with van der Waals surface area (Å²) >= 11 is 1.78. The second-order valence-corrected chi connectivity index (χ2v) is 6.57. The third-order valence-electron chi connectivity index (χ3n) is 3.99. The summed E-state index contributed by atoms with van der Waals surface area (Å²) in [4.78, 5) is 4.52. The minimum Gasteiger partial charge on any atom is -0.308 e. The predicted octanol–water partition coefficient (Wildman–Crippen LogP) is 4.29. The Morgan fingerprint density at radius 1 is 1.33 bits per heavy atom. The molecule has 102 valence electrons. The van der Waals surface area contributed by atoms with Crippen molar-refractivity contribution >= 4 is 11.3 Å². The minimum atomic E-state index is 0.719. The fourth-order valence-electron chi connectivity index (χ4n) is 3.00. The molecule has 0 radical (unpaired) electrons. The molecule has 3 heteroatoms. The average Bonchev–Trinajstić information content (AvgIpc) is 2.64. The molecular weight excluding hydrogens is 240 g/mol. The number of hydrogen-bond acceptors (Lipinski definition) is 3. The summed E-state index contributed by atoms with van der Waals surface area (Å²) in [5, 5.41) is 7.08. The lowest BCUT2D eigenvalue weighted by Crippen LogP contribution is -2.27. The highest BCUT2D eigenvalue weighted by atomic mass is 32.1. The van der Waals surface area contributed by atoms with Gasteiger partial charge < -0.3 is 5.32 Å². The van der Waals surface area contributed by atoms with E-state index in [1.165, 1.54) is 50.0 Å². The fourth-order valence-corrected chi connectivity index (χ4v) is 3.72. The lowest BCUT2D eigenvalue weighted by molar-refractivity contribution is 0.409. The monoisotopic (exact) mass is 266 g/mol. The van der Waals surface area contributed by atoms with Crippen LogP contribution >= 0.6 is 11.3 Å². The van der Waals surface area contributed by atoms with E-state index in [-0.39, 0.29) is 0 Å². The van der Waals surface area contributed by atoms with Crippen molar-refractivity contribution < 1.29 is 0 Å². The maximum atomic E-state index is 4.52. The zero-order chi connectivity index (χ0) is 12.8. The zero-order valence-electron chi connectivity index (χ0n) is 11.7. The van der Waals surface area contributed by atoms with E-state index in [0.29, 0.717) is 0 Å². The van der Waals surface area contributed by atoms with Crippen LogP contribution in [0.25, 0.3) is 0 Å². The van der Waals surface area contributed by atoms with E-state index >= 15 is 0 Å². The highest BCUT2D eigenvalue weighted by Crippen LogP contribution is 2.26. The number of aryl methyl sites for hydroxylation is 1. The molecule has 2 rings (SSSR count). The summed E-state index contributed by atoms with van der Waals surface area (Å²) in [5.41, 5.74) is 1.15. The Bertz CT molecular complexity index is 348. The van der Waals surface area contributed by atoms with Crippen LogP contribution in [0.1, 0.15) is 62.6 Å². The van der Waals surface area contributed by atoms with Crippen LogP contribution in [0.4, 0.5) is 0 Å². The number of thiazole rings is 1. The Balaban J connectivity index is 1.73. The third-order valence-corrected chi connectivity index (χ3v) is 4.96. The van der Waals surface area contributed by atoms with Gasteiger partial charge in [0, 0.05) is 23.7 Å². The molecule has 1 aromatic rings. The van der Waals surface area contributed by atoms with E-state index in [4.69, 9.17) is 0 Å². The van der Waals surface area contributed by atoms with Crippen LogP contribution in [-0.4, -0.2) is 11.0 Å². The standard InChI is InChI=1S/C15H26N2S/c1-3-5-13-6-4-7-14(9-8-13)16-10-15-17-12(2)11-18-15/h11,13-14,16H,3-10H2,1-2H3. The van der Waals surface area contributed by atoms with Crippen LogP contribution in [0, 0.1) is 12.8 Å². The number of nitrogens with zero attached hydrogens (tertiary/aromatic N) is 1. The van der Waals surface area contributed by atoms with Gasteiger partial charge in [-0.1, -0.05) is 32.6 Å². The number of aromatic nitrogens is 1.